The van der Waals surface area contributed by atoms with Crippen molar-refractivity contribution in [2.45, 2.75) is 0 Å². The minimum Gasteiger partial charge on any atom is -0.497 e. The molecule has 0 saturated heterocycles. The van der Waals surface area contributed by atoms with Crippen LogP contribution in [0.2, 0.25) is 0 Å². The van der Waals surface area contributed by atoms with Gasteiger partial charge in [0, 0.05) is 23.6 Å². The van der Waals surface area contributed by atoms with Crippen molar-refractivity contribution in [1.82, 2.24) is 0 Å². The van der Waals surface area contributed by atoms with Crippen LogP contribution in [0.15, 0.2) is 69.9 Å². The molecule has 0 spiro atoms. The summed E-state index contributed by atoms with van der Waals surface area (Å²) < 4.78 is 15.4. The van der Waals surface area contributed by atoms with Gasteiger partial charge in [0.2, 0.25) is 0 Å². The summed E-state index contributed by atoms with van der Waals surface area (Å²) in [6, 6.07) is 15.1. The number of esters is 1. The van der Waals surface area contributed by atoms with Gasteiger partial charge < -0.3 is 13.9 Å². The van der Waals surface area contributed by atoms with Gasteiger partial charge >= 0.3 is 11.6 Å². The Morgan fingerprint density at radius 3 is 2.71 bits per heavy atom. The van der Waals surface area contributed by atoms with Crippen molar-refractivity contribution in [2.75, 3.05) is 7.11 Å². The van der Waals surface area contributed by atoms with E-state index in [4.69, 9.17) is 13.9 Å². The maximum atomic E-state index is 11.9. The normalized spacial score (nSPS) is 10.9. The van der Waals surface area contributed by atoms with Crippen LogP contribution < -0.4 is 15.1 Å². The SMILES string of the molecule is COc1cccc(/C=C/C(=O)Oc2ccc3ccc(=O)oc3c2)c1. The second-order valence-electron chi connectivity index (χ2n) is 4.99. The van der Waals surface area contributed by atoms with E-state index < -0.39 is 11.6 Å². The van der Waals surface area contributed by atoms with E-state index >= 15 is 0 Å². The molecule has 3 rings (SSSR count). The smallest absolute Gasteiger partial charge is 0.336 e. The van der Waals surface area contributed by atoms with Crippen molar-refractivity contribution in [3.63, 3.8) is 0 Å². The zero-order valence-corrected chi connectivity index (χ0v) is 12.9. The molecule has 1 heterocycles. The van der Waals surface area contributed by atoms with Crippen molar-refractivity contribution in [3.05, 3.63) is 76.7 Å². The molecule has 120 valence electrons. The topological polar surface area (TPSA) is 65.7 Å². The van der Waals surface area contributed by atoms with Gasteiger partial charge in [-0.2, -0.15) is 0 Å². The Morgan fingerprint density at radius 1 is 1.04 bits per heavy atom. The Balaban J connectivity index is 1.74. The number of fused-ring (bicyclic) bond motifs is 1. The number of hydrogen-bond donors (Lipinski definition) is 0. The highest BCUT2D eigenvalue weighted by Crippen LogP contribution is 2.20. The first-order chi connectivity index (χ1) is 11.6. The molecule has 0 amide bonds. The molecule has 2 aromatic carbocycles. The molecular formula is C19H14O5. The summed E-state index contributed by atoms with van der Waals surface area (Å²) in [5.41, 5.74) is 0.726. The lowest BCUT2D eigenvalue weighted by Gasteiger charge is -2.03. The summed E-state index contributed by atoms with van der Waals surface area (Å²) in [6.45, 7) is 0. The standard InChI is InChI=1S/C19H14O5/c1-22-15-4-2-3-13(11-15)5-9-18(20)23-16-8-6-14-7-10-19(21)24-17(14)12-16/h2-12H,1H3/b9-5+. The molecule has 0 aliphatic rings. The molecule has 0 aliphatic carbocycles. The molecule has 0 radical (unpaired) electrons. The molecule has 0 N–H and O–H groups in total. The van der Waals surface area contributed by atoms with Crippen LogP contribution >= 0.6 is 0 Å². The van der Waals surface area contributed by atoms with E-state index in [0.29, 0.717) is 17.1 Å². The Labute approximate surface area is 137 Å². The first-order valence-corrected chi connectivity index (χ1v) is 7.22. The average molecular weight is 322 g/mol. The maximum Gasteiger partial charge on any atom is 0.336 e. The van der Waals surface area contributed by atoms with Crippen LogP contribution in [-0.2, 0) is 4.79 Å². The Bertz CT molecular complexity index is 969. The predicted octanol–water partition coefficient (Wildman–Crippen LogP) is 3.42. The number of rotatable bonds is 4. The fraction of sp³-hybridized carbons (Fsp3) is 0.0526. The molecule has 0 bridgehead atoms. The van der Waals surface area contributed by atoms with Crippen LogP contribution in [0.25, 0.3) is 17.0 Å². The predicted molar refractivity (Wildman–Crippen MR) is 90.1 cm³/mol. The van der Waals surface area contributed by atoms with E-state index in [2.05, 4.69) is 0 Å². The molecule has 3 aromatic rings. The van der Waals surface area contributed by atoms with Crippen LogP contribution in [0.5, 0.6) is 11.5 Å². The number of benzene rings is 2. The molecule has 5 heteroatoms. The first kappa shape index (κ1) is 15.6. The molecule has 0 fully saturated rings. The number of ether oxygens (including phenoxy) is 2. The molecule has 5 nitrogen and oxygen atoms in total. The largest absolute Gasteiger partial charge is 0.497 e. The Kier molecular flexibility index (Phi) is 4.43. The van der Waals surface area contributed by atoms with E-state index in [9.17, 15) is 9.59 Å². The quantitative estimate of drug-likeness (QED) is 0.319. The highest BCUT2D eigenvalue weighted by Gasteiger charge is 2.04. The van der Waals surface area contributed by atoms with Crippen molar-refractivity contribution in [1.29, 1.82) is 0 Å². The summed E-state index contributed by atoms with van der Waals surface area (Å²) in [4.78, 5) is 23.1. The third kappa shape index (κ3) is 3.70. The molecule has 24 heavy (non-hydrogen) atoms. The van der Waals surface area contributed by atoms with Crippen molar-refractivity contribution < 1.29 is 18.7 Å². The van der Waals surface area contributed by atoms with Gasteiger partial charge in [0.15, 0.2) is 0 Å². The van der Waals surface area contributed by atoms with Gasteiger partial charge in [-0.3, -0.25) is 0 Å². The molecule has 0 saturated carbocycles. The number of methoxy groups -OCH3 is 1. The van der Waals surface area contributed by atoms with E-state index in [1.54, 1.807) is 37.5 Å². The fourth-order valence-corrected chi connectivity index (χ4v) is 2.16. The number of carbonyl (C=O) groups is 1. The maximum absolute atomic E-state index is 11.9. The van der Waals surface area contributed by atoms with E-state index in [1.807, 2.05) is 18.2 Å². The summed E-state index contributed by atoms with van der Waals surface area (Å²) in [7, 11) is 1.58. The third-order valence-electron chi connectivity index (χ3n) is 3.32. The zero-order chi connectivity index (χ0) is 16.9. The summed E-state index contributed by atoms with van der Waals surface area (Å²) in [5.74, 6) is 0.475. The molecule has 1 aromatic heterocycles. The van der Waals surface area contributed by atoms with E-state index in [1.165, 1.54) is 18.2 Å². The number of carbonyl (C=O) groups excluding carboxylic acids is 1. The molecular weight excluding hydrogens is 308 g/mol. The third-order valence-corrected chi connectivity index (χ3v) is 3.32. The van der Waals surface area contributed by atoms with E-state index in [0.717, 1.165) is 10.9 Å². The summed E-state index contributed by atoms with van der Waals surface area (Å²) in [5, 5.41) is 0.751. The Hall–Kier alpha value is -3.34. The summed E-state index contributed by atoms with van der Waals surface area (Å²) >= 11 is 0. The highest BCUT2D eigenvalue weighted by molar-refractivity contribution is 5.89. The van der Waals surface area contributed by atoms with Gasteiger partial charge in [-0.05, 0) is 42.0 Å². The van der Waals surface area contributed by atoms with Crippen LogP contribution in [-0.4, -0.2) is 13.1 Å². The van der Waals surface area contributed by atoms with Crippen LogP contribution in [0.3, 0.4) is 0 Å². The van der Waals surface area contributed by atoms with Gasteiger partial charge in [-0.25, -0.2) is 9.59 Å². The van der Waals surface area contributed by atoms with Crippen LogP contribution in [0.1, 0.15) is 5.56 Å². The van der Waals surface area contributed by atoms with Gasteiger partial charge in [0.05, 0.1) is 7.11 Å². The minimum absolute atomic E-state index is 0.303. The van der Waals surface area contributed by atoms with Gasteiger partial charge in [-0.1, -0.05) is 12.1 Å². The lowest BCUT2D eigenvalue weighted by molar-refractivity contribution is -0.128. The van der Waals surface area contributed by atoms with Crippen LogP contribution in [0.4, 0.5) is 0 Å². The Morgan fingerprint density at radius 2 is 1.88 bits per heavy atom. The van der Waals surface area contributed by atoms with Gasteiger partial charge in [-0.15, -0.1) is 0 Å². The van der Waals surface area contributed by atoms with Crippen molar-refractivity contribution in [3.8, 4) is 11.5 Å². The van der Waals surface area contributed by atoms with Gasteiger partial charge in [0.25, 0.3) is 0 Å². The second kappa shape index (κ2) is 6.83. The summed E-state index contributed by atoms with van der Waals surface area (Å²) in [6.07, 6.45) is 2.95. The highest BCUT2D eigenvalue weighted by atomic mass is 16.5. The second-order valence-corrected chi connectivity index (χ2v) is 4.99. The molecule has 0 atom stereocenters. The lowest BCUT2D eigenvalue weighted by atomic mass is 10.2. The van der Waals surface area contributed by atoms with Crippen molar-refractivity contribution >= 4 is 23.0 Å². The molecule has 0 unspecified atom stereocenters. The molecule has 0 aliphatic heterocycles. The first-order valence-electron chi connectivity index (χ1n) is 7.22. The lowest BCUT2D eigenvalue weighted by Crippen LogP contribution is -2.03. The fourth-order valence-electron chi connectivity index (χ4n) is 2.16. The zero-order valence-electron chi connectivity index (χ0n) is 12.9. The van der Waals surface area contributed by atoms with Crippen molar-refractivity contribution in [2.24, 2.45) is 0 Å². The van der Waals surface area contributed by atoms with E-state index in [-0.39, 0.29) is 0 Å². The number of hydrogen-bond acceptors (Lipinski definition) is 5. The van der Waals surface area contributed by atoms with Gasteiger partial charge in [0.1, 0.15) is 17.1 Å². The van der Waals surface area contributed by atoms with Crippen LogP contribution in [0, 0.1) is 0 Å². The minimum atomic E-state index is -0.532. The average Bonchev–Trinajstić information content (AvgIpc) is 2.60. The monoisotopic (exact) mass is 322 g/mol.